The topological polar surface area (TPSA) is 88.5 Å². The number of carboxylic acids is 1. The van der Waals surface area contributed by atoms with Gasteiger partial charge in [0.05, 0.1) is 11.3 Å². The van der Waals surface area contributed by atoms with Crippen molar-refractivity contribution >= 4 is 33.5 Å². The second-order valence-electron chi connectivity index (χ2n) is 5.60. The molecule has 0 aliphatic rings. The summed E-state index contributed by atoms with van der Waals surface area (Å²) < 4.78 is 6.29. The first-order chi connectivity index (χ1) is 13.0. The molecule has 6 nitrogen and oxygen atoms in total. The maximum Gasteiger partial charge on any atom is 0.337 e. The van der Waals surface area contributed by atoms with Crippen LogP contribution in [0.1, 0.15) is 26.4 Å². The summed E-state index contributed by atoms with van der Waals surface area (Å²) in [5, 5.41) is 11.9. The van der Waals surface area contributed by atoms with Gasteiger partial charge in [-0.1, -0.05) is 46.3 Å². The Morgan fingerprint density at radius 2 is 1.85 bits per heavy atom. The largest absolute Gasteiger partial charge is 0.489 e. The number of ether oxygens (including phenoxy) is 1. The summed E-state index contributed by atoms with van der Waals surface area (Å²) in [5.41, 5.74) is 1.29. The molecule has 1 amide bonds. The summed E-state index contributed by atoms with van der Waals surface area (Å²) in [4.78, 5) is 27.9. The van der Waals surface area contributed by atoms with E-state index in [0.29, 0.717) is 16.8 Å². The lowest BCUT2D eigenvalue weighted by Gasteiger charge is -2.10. The minimum atomic E-state index is -1.14. The number of nitrogens with one attached hydrogen (secondary N) is 1. The summed E-state index contributed by atoms with van der Waals surface area (Å²) in [7, 11) is 0. The van der Waals surface area contributed by atoms with Gasteiger partial charge in [0.1, 0.15) is 18.1 Å². The average molecular weight is 427 g/mol. The highest BCUT2D eigenvalue weighted by Gasteiger charge is 2.15. The van der Waals surface area contributed by atoms with Crippen molar-refractivity contribution in [3.63, 3.8) is 0 Å². The molecule has 0 bridgehead atoms. The number of nitrogens with zero attached hydrogens (tertiary/aromatic N) is 1. The molecule has 0 fully saturated rings. The van der Waals surface area contributed by atoms with Crippen LogP contribution in [0.25, 0.3) is 0 Å². The number of rotatable bonds is 6. The molecular formula is C20H15BrN2O4. The quantitative estimate of drug-likeness (QED) is 0.610. The van der Waals surface area contributed by atoms with Crippen molar-refractivity contribution in [2.24, 2.45) is 0 Å². The van der Waals surface area contributed by atoms with Crippen molar-refractivity contribution in [1.82, 2.24) is 4.98 Å². The first kappa shape index (κ1) is 18.6. The molecule has 0 saturated carbocycles. The van der Waals surface area contributed by atoms with Gasteiger partial charge in [-0.2, -0.15) is 0 Å². The number of aromatic nitrogens is 1. The molecule has 3 aromatic rings. The number of pyridine rings is 1. The highest BCUT2D eigenvalue weighted by molar-refractivity contribution is 9.10. The molecule has 27 heavy (non-hydrogen) atoms. The van der Waals surface area contributed by atoms with E-state index in [1.165, 1.54) is 24.4 Å². The number of amides is 1. The lowest BCUT2D eigenvalue weighted by molar-refractivity contribution is 0.0698. The summed E-state index contributed by atoms with van der Waals surface area (Å²) in [5.74, 6) is -1.17. The minimum Gasteiger partial charge on any atom is -0.489 e. The third-order valence-corrected chi connectivity index (χ3v) is 4.17. The molecule has 0 radical (unpaired) electrons. The number of hydrogen-bond acceptors (Lipinski definition) is 4. The van der Waals surface area contributed by atoms with E-state index in [1.807, 2.05) is 30.3 Å². The number of carbonyl (C=O) groups is 2. The average Bonchev–Trinajstić information content (AvgIpc) is 2.68. The van der Waals surface area contributed by atoms with Gasteiger partial charge in [-0.15, -0.1) is 0 Å². The van der Waals surface area contributed by atoms with E-state index in [2.05, 4.69) is 26.2 Å². The summed E-state index contributed by atoms with van der Waals surface area (Å²) in [6.07, 6.45) is 1.47. The van der Waals surface area contributed by atoms with E-state index in [1.54, 1.807) is 12.1 Å². The van der Waals surface area contributed by atoms with Crippen LogP contribution in [0.4, 0.5) is 5.69 Å². The molecular weight excluding hydrogens is 412 g/mol. The monoisotopic (exact) mass is 426 g/mol. The van der Waals surface area contributed by atoms with Crippen LogP contribution in [-0.4, -0.2) is 22.0 Å². The molecule has 0 atom stereocenters. The Bertz CT molecular complexity index is 977. The van der Waals surface area contributed by atoms with Gasteiger partial charge in [0.15, 0.2) is 0 Å². The normalized spacial score (nSPS) is 10.3. The van der Waals surface area contributed by atoms with Crippen molar-refractivity contribution < 1.29 is 19.4 Å². The van der Waals surface area contributed by atoms with Gasteiger partial charge in [0.2, 0.25) is 0 Å². The molecule has 0 saturated heterocycles. The molecule has 7 heteroatoms. The molecule has 136 valence electrons. The van der Waals surface area contributed by atoms with Crippen LogP contribution in [0.3, 0.4) is 0 Å². The van der Waals surface area contributed by atoms with E-state index in [9.17, 15) is 14.7 Å². The van der Waals surface area contributed by atoms with Crippen LogP contribution in [0, 0.1) is 0 Å². The minimum absolute atomic E-state index is 0.0193. The maximum absolute atomic E-state index is 12.5. The van der Waals surface area contributed by atoms with E-state index in [-0.39, 0.29) is 16.9 Å². The predicted octanol–water partition coefficient (Wildman–Crippen LogP) is 4.37. The van der Waals surface area contributed by atoms with Crippen LogP contribution in [0.5, 0.6) is 5.75 Å². The first-order valence-corrected chi connectivity index (χ1v) is 8.79. The van der Waals surface area contributed by atoms with E-state index in [4.69, 9.17) is 4.74 Å². The molecule has 0 aliphatic heterocycles. The predicted molar refractivity (Wildman–Crippen MR) is 104 cm³/mol. The zero-order valence-electron chi connectivity index (χ0n) is 14.1. The van der Waals surface area contributed by atoms with Crippen molar-refractivity contribution in [3.8, 4) is 5.75 Å². The Labute approximate surface area is 164 Å². The fourth-order valence-corrected chi connectivity index (χ4v) is 2.72. The number of anilines is 1. The van der Waals surface area contributed by atoms with Crippen LogP contribution >= 0.6 is 15.9 Å². The van der Waals surface area contributed by atoms with Gasteiger partial charge in [-0.05, 0) is 29.8 Å². The summed E-state index contributed by atoms with van der Waals surface area (Å²) in [6, 6.07) is 17.4. The SMILES string of the molecule is O=C(Nc1ccc(Br)cc1C(=O)O)c1cc(OCc2ccccc2)ccn1. The third-order valence-electron chi connectivity index (χ3n) is 3.67. The number of benzene rings is 2. The molecule has 0 unspecified atom stereocenters. The van der Waals surface area contributed by atoms with Gasteiger partial charge in [0, 0.05) is 16.7 Å². The Hall–Kier alpha value is -3.19. The van der Waals surface area contributed by atoms with Gasteiger partial charge in [-0.3, -0.25) is 9.78 Å². The highest BCUT2D eigenvalue weighted by Crippen LogP contribution is 2.22. The number of carboxylic acid groups (broad SMARTS) is 1. The van der Waals surface area contributed by atoms with E-state index in [0.717, 1.165) is 5.56 Å². The number of hydrogen-bond donors (Lipinski definition) is 2. The number of carbonyl (C=O) groups excluding carboxylic acids is 1. The number of halogens is 1. The molecule has 2 aromatic carbocycles. The van der Waals surface area contributed by atoms with Gasteiger partial charge in [0.25, 0.3) is 5.91 Å². The molecule has 3 rings (SSSR count). The summed E-state index contributed by atoms with van der Waals surface area (Å²) >= 11 is 3.22. The highest BCUT2D eigenvalue weighted by atomic mass is 79.9. The Morgan fingerprint density at radius 3 is 2.59 bits per heavy atom. The Balaban J connectivity index is 1.73. The molecule has 1 aromatic heterocycles. The second-order valence-corrected chi connectivity index (χ2v) is 6.52. The van der Waals surface area contributed by atoms with Crippen LogP contribution in [-0.2, 0) is 6.61 Å². The number of aromatic carboxylic acids is 1. The fraction of sp³-hybridized carbons (Fsp3) is 0.0500. The standard InChI is InChI=1S/C20H15BrN2O4/c21-14-6-7-17(16(10-14)20(25)26)23-19(24)18-11-15(8-9-22-18)27-12-13-4-2-1-3-5-13/h1-11H,12H2,(H,23,24)(H,25,26). The molecule has 0 spiro atoms. The van der Waals surface area contributed by atoms with Crippen molar-refractivity contribution in [2.75, 3.05) is 5.32 Å². The van der Waals surface area contributed by atoms with Crippen molar-refractivity contribution in [2.45, 2.75) is 6.61 Å². The smallest absolute Gasteiger partial charge is 0.337 e. The molecule has 1 heterocycles. The fourth-order valence-electron chi connectivity index (χ4n) is 2.35. The van der Waals surface area contributed by atoms with Crippen LogP contribution in [0.2, 0.25) is 0 Å². The second kappa shape index (κ2) is 8.46. The van der Waals surface area contributed by atoms with Gasteiger partial charge < -0.3 is 15.2 Å². The van der Waals surface area contributed by atoms with Crippen molar-refractivity contribution in [1.29, 1.82) is 0 Å². The Kier molecular flexibility index (Phi) is 5.83. The van der Waals surface area contributed by atoms with E-state index < -0.39 is 11.9 Å². The lowest BCUT2D eigenvalue weighted by Crippen LogP contribution is -2.16. The zero-order valence-corrected chi connectivity index (χ0v) is 15.6. The lowest BCUT2D eigenvalue weighted by atomic mass is 10.1. The van der Waals surface area contributed by atoms with Gasteiger partial charge >= 0.3 is 5.97 Å². The third kappa shape index (κ3) is 4.92. The van der Waals surface area contributed by atoms with E-state index >= 15 is 0 Å². The summed E-state index contributed by atoms with van der Waals surface area (Å²) in [6.45, 7) is 0.363. The maximum atomic E-state index is 12.5. The molecule has 0 aliphatic carbocycles. The van der Waals surface area contributed by atoms with Crippen LogP contribution < -0.4 is 10.1 Å². The van der Waals surface area contributed by atoms with Gasteiger partial charge in [-0.25, -0.2) is 4.79 Å². The van der Waals surface area contributed by atoms with Crippen molar-refractivity contribution in [3.05, 3.63) is 88.2 Å². The Morgan fingerprint density at radius 1 is 1.07 bits per heavy atom. The molecule has 2 N–H and O–H groups in total. The first-order valence-electron chi connectivity index (χ1n) is 8.00. The zero-order chi connectivity index (χ0) is 19.2. The van der Waals surface area contributed by atoms with Crippen LogP contribution in [0.15, 0.2) is 71.3 Å².